The van der Waals surface area contributed by atoms with E-state index in [1.165, 1.54) is 0 Å². The van der Waals surface area contributed by atoms with Crippen LogP contribution < -0.4 is 10.6 Å². The first-order valence-corrected chi connectivity index (χ1v) is 8.67. The third-order valence-corrected chi connectivity index (χ3v) is 3.77. The topological polar surface area (TPSA) is 84.5 Å². The van der Waals surface area contributed by atoms with Crippen molar-refractivity contribution in [3.8, 4) is 0 Å². The fraction of sp³-hybridized carbons (Fsp3) is 0.211. The molecule has 148 valence electrons. The molecule has 0 spiro atoms. The maximum atomic E-state index is 13.4. The molecule has 0 atom stereocenters. The zero-order chi connectivity index (χ0) is 20.5. The van der Waals surface area contributed by atoms with E-state index in [0.29, 0.717) is 23.1 Å². The van der Waals surface area contributed by atoms with Crippen LogP contribution in [0.3, 0.4) is 0 Å². The van der Waals surface area contributed by atoms with Crippen molar-refractivity contribution in [1.82, 2.24) is 5.32 Å². The number of rotatable bonds is 8. The van der Waals surface area contributed by atoms with Gasteiger partial charge in [-0.2, -0.15) is 0 Å². The SMILES string of the molecule is O=C(COC(=O)CCCNC(=O)c1ccc(Cl)cc1)Nc1ccc(F)cc1F. The second kappa shape index (κ2) is 10.4. The number of hydrogen-bond donors (Lipinski definition) is 2. The van der Waals surface area contributed by atoms with Crippen LogP contribution in [0.25, 0.3) is 0 Å². The minimum atomic E-state index is -0.934. The molecule has 0 aliphatic heterocycles. The van der Waals surface area contributed by atoms with E-state index in [2.05, 4.69) is 10.6 Å². The van der Waals surface area contributed by atoms with Crippen molar-refractivity contribution >= 4 is 35.1 Å². The molecule has 0 radical (unpaired) electrons. The predicted octanol–water partition coefficient (Wildman–Crippen LogP) is 3.31. The largest absolute Gasteiger partial charge is 0.456 e. The molecule has 9 heteroatoms. The molecule has 0 unspecified atom stereocenters. The van der Waals surface area contributed by atoms with E-state index < -0.39 is 30.1 Å². The van der Waals surface area contributed by atoms with Gasteiger partial charge in [-0.05, 0) is 42.8 Å². The van der Waals surface area contributed by atoms with Crippen LogP contribution in [-0.2, 0) is 14.3 Å². The molecule has 0 fully saturated rings. The molecule has 2 rings (SSSR count). The summed E-state index contributed by atoms with van der Waals surface area (Å²) in [7, 11) is 0. The van der Waals surface area contributed by atoms with E-state index in [9.17, 15) is 23.2 Å². The molecule has 0 aliphatic carbocycles. The van der Waals surface area contributed by atoms with Crippen LogP contribution in [0, 0.1) is 11.6 Å². The summed E-state index contributed by atoms with van der Waals surface area (Å²) in [6.07, 6.45) is 0.297. The molecule has 2 amide bonds. The lowest BCUT2D eigenvalue weighted by molar-refractivity contribution is -0.147. The quantitative estimate of drug-likeness (QED) is 0.516. The minimum absolute atomic E-state index is 0.0148. The number of halogens is 3. The molecule has 0 aromatic heterocycles. The summed E-state index contributed by atoms with van der Waals surface area (Å²) in [6, 6.07) is 9.02. The number of anilines is 1. The number of esters is 1. The second-order valence-electron chi connectivity index (χ2n) is 5.70. The summed E-state index contributed by atoms with van der Waals surface area (Å²) in [5.74, 6) is -3.41. The van der Waals surface area contributed by atoms with Crippen molar-refractivity contribution in [3.05, 3.63) is 64.7 Å². The van der Waals surface area contributed by atoms with Crippen LogP contribution in [0.2, 0.25) is 5.02 Å². The van der Waals surface area contributed by atoms with Gasteiger partial charge in [0.15, 0.2) is 6.61 Å². The number of benzene rings is 2. The highest BCUT2D eigenvalue weighted by Gasteiger charge is 2.11. The lowest BCUT2D eigenvalue weighted by Gasteiger charge is -2.08. The fourth-order valence-corrected chi connectivity index (χ4v) is 2.26. The van der Waals surface area contributed by atoms with Crippen molar-refractivity contribution in [2.24, 2.45) is 0 Å². The van der Waals surface area contributed by atoms with Gasteiger partial charge in [0.1, 0.15) is 11.6 Å². The summed E-state index contributed by atoms with van der Waals surface area (Å²) >= 11 is 5.74. The highest BCUT2D eigenvalue weighted by Crippen LogP contribution is 2.14. The number of amides is 2. The Kier molecular flexibility index (Phi) is 7.88. The Morgan fingerprint density at radius 3 is 2.43 bits per heavy atom. The smallest absolute Gasteiger partial charge is 0.306 e. The third-order valence-electron chi connectivity index (χ3n) is 3.52. The lowest BCUT2D eigenvalue weighted by Crippen LogP contribution is -2.25. The summed E-state index contributed by atoms with van der Waals surface area (Å²) < 4.78 is 31.0. The van der Waals surface area contributed by atoms with Gasteiger partial charge in [0.25, 0.3) is 11.8 Å². The van der Waals surface area contributed by atoms with Gasteiger partial charge in [0.05, 0.1) is 5.69 Å². The van der Waals surface area contributed by atoms with E-state index in [1.807, 2.05) is 0 Å². The number of carbonyl (C=O) groups excluding carboxylic acids is 3. The molecule has 0 bridgehead atoms. The average molecular weight is 411 g/mol. The van der Waals surface area contributed by atoms with Crippen molar-refractivity contribution in [3.63, 3.8) is 0 Å². The summed E-state index contributed by atoms with van der Waals surface area (Å²) in [6.45, 7) is -0.365. The van der Waals surface area contributed by atoms with E-state index in [4.69, 9.17) is 16.3 Å². The Hall–Kier alpha value is -3.00. The number of hydrogen-bond acceptors (Lipinski definition) is 4. The van der Waals surface area contributed by atoms with Gasteiger partial charge in [-0.1, -0.05) is 11.6 Å². The normalized spacial score (nSPS) is 10.2. The van der Waals surface area contributed by atoms with Crippen molar-refractivity contribution in [1.29, 1.82) is 0 Å². The monoisotopic (exact) mass is 410 g/mol. The van der Waals surface area contributed by atoms with Crippen LogP contribution in [-0.4, -0.2) is 30.9 Å². The van der Waals surface area contributed by atoms with Crippen LogP contribution in [0.5, 0.6) is 0 Å². The number of carbonyl (C=O) groups is 3. The Balaban J connectivity index is 1.63. The number of ether oxygens (including phenoxy) is 1. The van der Waals surface area contributed by atoms with E-state index >= 15 is 0 Å². The summed E-state index contributed by atoms with van der Waals surface area (Å²) in [4.78, 5) is 35.1. The standard InChI is InChI=1S/C19H17ClF2N2O4/c20-13-5-3-12(4-6-13)19(27)23-9-1-2-18(26)28-11-17(25)24-16-8-7-14(21)10-15(16)22/h3-8,10H,1-2,9,11H2,(H,23,27)(H,24,25). The van der Waals surface area contributed by atoms with Crippen molar-refractivity contribution in [2.45, 2.75) is 12.8 Å². The molecule has 0 saturated heterocycles. The summed E-state index contributed by atoms with van der Waals surface area (Å²) in [5.41, 5.74) is 0.226. The summed E-state index contributed by atoms with van der Waals surface area (Å²) in [5, 5.41) is 5.33. The molecular weight excluding hydrogens is 394 g/mol. The van der Waals surface area contributed by atoms with Crippen molar-refractivity contribution in [2.75, 3.05) is 18.5 Å². The molecule has 28 heavy (non-hydrogen) atoms. The van der Waals surface area contributed by atoms with Gasteiger partial charge >= 0.3 is 5.97 Å². The zero-order valence-corrected chi connectivity index (χ0v) is 15.4. The Bertz CT molecular complexity index is 860. The third kappa shape index (κ3) is 6.96. The molecule has 2 aromatic rings. The van der Waals surface area contributed by atoms with Crippen LogP contribution in [0.1, 0.15) is 23.2 Å². The molecule has 6 nitrogen and oxygen atoms in total. The van der Waals surface area contributed by atoms with E-state index in [1.54, 1.807) is 24.3 Å². The lowest BCUT2D eigenvalue weighted by atomic mass is 10.2. The predicted molar refractivity (Wildman–Crippen MR) is 99.0 cm³/mol. The highest BCUT2D eigenvalue weighted by atomic mass is 35.5. The van der Waals surface area contributed by atoms with Crippen molar-refractivity contribution < 1.29 is 27.9 Å². The molecule has 2 N–H and O–H groups in total. The van der Waals surface area contributed by atoms with Crippen LogP contribution >= 0.6 is 11.6 Å². The van der Waals surface area contributed by atoms with Gasteiger partial charge in [-0.3, -0.25) is 14.4 Å². The maximum absolute atomic E-state index is 13.4. The van der Waals surface area contributed by atoms with Gasteiger partial charge in [-0.15, -0.1) is 0 Å². The first kappa shape index (κ1) is 21.3. The Labute approximate surface area is 164 Å². The van der Waals surface area contributed by atoms with Gasteiger partial charge in [0.2, 0.25) is 0 Å². The van der Waals surface area contributed by atoms with E-state index in [-0.39, 0.29) is 24.6 Å². The second-order valence-corrected chi connectivity index (χ2v) is 6.14. The fourth-order valence-electron chi connectivity index (χ4n) is 2.13. The van der Waals surface area contributed by atoms with Crippen LogP contribution in [0.4, 0.5) is 14.5 Å². The van der Waals surface area contributed by atoms with Gasteiger partial charge < -0.3 is 15.4 Å². The first-order chi connectivity index (χ1) is 13.3. The molecule has 0 saturated carbocycles. The molecule has 2 aromatic carbocycles. The zero-order valence-electron chi connectivity index (χ0n) is 14.6. The van der Waals surface area contributed by atoms with Gasteiger partial charge in [0, 0.05) is 29.6 Å². The maximum Gasteiger partial charge on any atom is 0.306 e. The Morgan fingerprint density at radius 2 is 1.75 bits per heavy atom. The van der Waals surface area contributed by atoms with Gasteiger partial charge in [-0.25, -0.2) is 8.78 Å². The highest BCUT2D eigenvalue weighted by molar-refractivity contribution is 6.30. The minimum Gasteiger partial charge on any atom is -0.456 e. The molecular formula is C19H17ClF2N2O4. The number of nitrogens with one attached hydrogen (secondary N) is 2. The first-order valence-electron chi connectivity index (χ1n) is 8.29. The van der Waals surface area contributed by atoms with Crippen LogP contribution in [0.15, 0.2) is 42.5 Å². The molecule has 0 heterocycles. The van der Waals surface area contributed by atoms with E-state index in [0.717, 1.165) is 12.1 Å². The average Bonchev–Trinajstić information content (AvgIpc) is 2.66. The molecule has 0 aliphatic rings. The Morgan fingerprint density at radius 1 is 1.04 bits per heavy atom.